The second-order valence-electron chi connectivity index (χ2n) is 9.23. The summed E-state index contributed by atoms with van der Waals surface area (Å²) >= 11 is 0. The number of nitrogens with zero attached hydrogens (tertiary/aromatic N) is 3. The van der Waals surface area contributed by atoms with Crippen LogP contribution in [0.25, 0.3) is 0 Å². The summed E-state index contributed by atoms with van der Waals surface area (Å²) in [6.07, 6.45) is 6.06. The van der Waals surface area contributed by atoms with E-state index in [9.17, 15) is 9.59 Å². The lowest BCUT2D eigenvalue weighted by molar-refractivity contribution is -0.151. The first-order valence-electron chi connectivity index (χ1n) is 11.3. The number of fused-ring (bicyclic) bond motifs is 4. The number of piperidine rings is 3. The molecule has 0 aliphatic carbocycles. The van der Waals surface area contributed by atoms with Crippen molar-refractivity contribution in [3.63, 3.8) is 0 Å². The monoisotopic (exact) mass is 422 g/mol. The number of aromatic nitrogens is 2. The van der Waals surface area contributed by atoms with Crippen molar-refractivity contribution in [1.29, 1.82) is 0 Å². The fourth-order valence-corrected chi connectivity index (χ4v) is 5.97. The van der Waals surface area contributed by atoms with Crippen LogP contribution in [-0.2, 0) is 11.2 Å². The molecule has 3 saturated heterocycles. The molecular weight excluding hydrogens is 392 g/mol. The van der Waals surface area contributed by atoms with Gasteiger partial charge in [-0.25, -0.2) is 4.98 Å². The number of H-pyrrole nitrogens is 1. The molecule has 0 spiro atoms. The number of carbonyl (C=O) groups is 2. The van der Waals surface area contributed by atoms with Crippen LogP contribution in [0.3, 0.4) is 0 Å². The van der Waals surface area contributed by atoms with Crippen molar-refractivity contribution in [3.05, 3.63) is 47.5 Å². The molecule has 7 heteroatoms. The van der Waals surface area contributed by atoms with E-state index in [1.165, 1.54) is 5.56 Å². The Morgan fingerprint density at radius 3 is 2.90 bits per heavy atom. The van der Waals surface area contributed by atoms with Gasteiger partial charge >= 0.3 is 0 Å². The molecule has 1 aromatic heterocycles. The van der Waals surface area contributed by atoms with Gasteiger partial charge in [0.05, 0.1) is 13.4 Å². The molecule has 0 unspecified atom stereocenters. The van der Waals surface area contributed by atoms with Gasteiger partial charge in [0.25, 0.3) is 5.91 Å². The predicted molar refractivity (Wildman–Crippen MR) is 116 cm³/mol. The molecule has 1 aromatic carbocycles. The van der Waals surface area contributed by atoms with Gasteiger partial charge in [-0.1, -0.05) is 12.1 Å². The second kappa shape index (κ2) is 8.02. The van der Waals surface area contributed by atoms with Crippen molar-refractivity contribution in [3.8, 4) is 5.75 Å². The SMILES string of the molecule is COc1cccc(C[C@H]2[C@H]3C[C@H](CN(C(=O)c4nc[nH]c4C)C3)[C@@H]3CCCC(=O)N32)c1. The molecule has 1 N–H and O–H groups in total. The fourth-order valence-electron chi connectivity index (χ4n) is 5.97. The van der Waals surface area contributed by atoms with Gasteiger partial charge in [-0.3, -0.25) is 9.59 Å². The Bertz CT molecular complexity index is 987. The smallest absolute Gasteiger partial charge is 0.274 e. The molecule has 2 amide bonds. The van der Waals surface area contributed by atoms with Crippen molar-refractivity contribution < 1.29 is 14.3 Å². The number of benzene rings is 1. The van der Waals surface area contributed by atoms with Gasteiger partial charge < -0.3 is 19.5 Å². The minimum absolute atomic E-state index is 0.00386. The van der Waals surface area contributed by atoms with Crippen LogP contribution in [0, 0.1) is 18.8 Å². The highest BCUT2D eigenvalue weighted by atomic mass is 16.5. The van der Waals surface area contributed by atoms with Gasteiger partial charge in [-0.05, 0) is 62.1 Å². The van der Waals surface area contributed by atoms with E-state index in [-0.39, 0.29) is 29.8 Å². The Morgan fingerprint density at radius 2 is 2.13 bits per heavy atom. The maximum Gasteiger partial charge on any atom is 0.274 e. The van der Waals surface area contributed by atoms with Crippen molar-refractivity contribution in [2.45, 2.75) is 51.1 Å². The number of likely N-dealkylation sites (tertiary alicyclic amines) is 1. The average molecular weight is 423 g/mol. The third-order valence-corrected chi connectivity index (χ3v) is 7.40. The number of methoxy groups -OCH3 is 1. The van der Waals surface area contributed by atoms with E-state index in [1.54, 1.807) is 13.4 Å². The summed E-state index contributed by atoms with van der Waals surface area (Å²) in [5, 5.41) is 0. The molecule has 31 heavy (non-hydrogen) atoms. The van der Waals surface area contributed by atoms with E-state index < -0.39 is 0 Å². The zero-order valence-corrected chi connectivity index (χ0v) is 18.2. The Labute approximate surface area is 182 Å². The van der Waals surface area contributed by atoms with Crippen LogP contribution in [0.5, 0.6) is 5.75 Å². The van der Waals surface area contributed by atoms with Crippen molar-refractivity contribution in [1.82, 2.24) is 19.8 Å². The van der Waals surface area contributed by atoms with Gasteiger partial charge in [-0.15, -0.1) is 0 Å². The van der Waals surface area contributed by atoms with Crippen molar-refractivity contribution in [2.75, 3.05) is 20.2 Å². The van der Waals surface area contributed by atoms with Crippen LogP contribution in [-0.4, -0.2) is 63.9 Å². The summed E-state index contributed by atoms with van der Waals surface area (Å²) in [7, 11) is 1.68. The van der Waals surface area contributed by atoms with Gasteiger partial charge in [0.1, 0.15) is 11.4 Å². The van der Waals surface area contributed by atoms with Crippen LogP contribution in [0.4, 0.5) is 0 Å². The number of imidazole rings is 1. The van der Waals surface area contributed by atoms with Gasteiger partial charge in [0.2, 0.25) is 5.91 Å². The van der Waals surface area contributed by atoms with Gasteiger partial charge in [0.15, 0.2) is 0 Å². The first kappa shape index (κ1) is 20.1. The van der Waals surface area contributed by atoms with Gasteiger partial charge in [-0.2, -0.15) is 0 Å². The van der Waals surface area contributed by atoms with Crippen molar-refractivity contribution in [2.24, 2.45) is 11.8 Å². The highest BCUT2D eigenvalue weighted by molar-refractivity contribution is 5.93. The Hall–Kier alpha value is -2.83. The molecule has 4 atom stereocenters. The summed E-state index contributed by atoms with van der Waals surface area (Å²) in [4.78, 5) is 37.7. The Morgan fingerprint density at radius 1 is 1.29 bits per heavy atom. The highest BCUT2D eigenvalue weighted by Crippen LogP contribution is 2.43. The van der Waals surface area contributed by atoms with Gasteiger partial charge in [0, 0.05) is 37.3 Å². The molecule has 3 fully saturated rings. The molecule has 5 rings (SSSR count). The van der Waals surface area contributed by atoms with Crippen LogP contribution >= 0.6 is 0 Å². The maximum atomic E-state index is 13.2. The minimum atomic E-state index is 0.00386. The van der Waals surface area contributed by atoms with Crippen LogP contribution in [0.15, 0.2) is 30.6 Å². The number of hydrogen-bond acceptors (Lipinski definition) is 4. The first-order valence-corrected chi connectivity index (χ1v) is 11.3. The molecule has 7 nitrogen and oxygen atoms in total. The second-order valence-corrected chi connectivity index (χ2v) is 9.23. The molecule has 3 aliphatic rings. The summed E-state index contributed by atoms with van der Waals surface area (Å²) in [6, 6.07) is 8.46. The number of aryl methyl sites for hydroxylation is 1. The third kappa shape index (κ3) is 3.60. The Balaban J connectivity index is 1.45. The summed E-state index contributed by atoms with van der Waals surface area (Å²) in [6.45, 7) is 3.27. The largest absolute Gasteiger partial charge is 0.497 e. The highest BCUT2D eigenvalue weighted by Gasteiger charge is 2.50. The van der Waals surface area contributed by atoms with E-state index >= 15 is 0 Å². The van der Waals surface area contributed by atoms with E-state index in [0.29, 0.717) is 31.1 Å². The van der Waals surface area contributed by atoms with E-state index in [4.69, 9.17) is 4.74 Å². The number of carbonyl (C=O) groups excluding carboxylic acids is 2. The zero-order chi connectivity index (χ0) is 21.5. The molecule has 164 valence electrons. The number of amides is 2. The quantitative estimate of drug-likeness (QED) is 0.822. The Kier molecular flexibility index (Phi) is 5.20. The minimum Gasteiger partial charge on any atom is -0.497 e. The summed E-state index contributed by atoms with van der Waals surface area (Å²) in [5.74, 6) is 1.73. The van der Waals surface area contributed by atoms with Crippen LogP contribution in [0.1, 0.15) is 47.4 Å². The molecule has 2 aromatic rings. The third-order valence-electron chi connectivity index (χ3n) is 7.40. The number of ether oxygens (including phenoxy) is 1. The number of rotatable bonds is 4. The first-order chi connectivity index (χ1) is 15.0. The van der Waals surface area contributed by atoms with Crippen molar-refractivity contribution >= 4 is 11.8 Å². The molecule has 2 bridgehead atoms. The topological polar surface area (TPSA) is 78.5 Å². The summed E-state index contributed by atoms with van der Waals surface area (Å²) in [5.41, 5.74) is 2.50. The molecule has 0 radical (unpaired) electrons. The van der Waals surface area contributed by atoms with E-state index in [0.717, 1.165) is 37.1 Å². The normalized spacial score (nSPS) is 27.7. The number of aromatic amines is 1. The predicted octanol–water partition coefficient (Wildman–Crippen LogP) is 2.81. The van der Waals surface area contributed by atoms with Crippen LogP contribution in [0.2, 0.25) is 0 Å². The molecular formula is C24H30N4O3. The molecule has 3 aliphatic heterocycles. The lowest BCUT2D eigenvalue weighted by Gasteiger charge is -2.56. The number of hydrogen-bond donors (Lipinski definition) is 1. The lowest BCUT2D eigenvalue weighted by Crippen LogP contribution is -2.66. The number of nitrogens with one attached hydrogen (secondary N) is 1. The van der Waals surface area contributed by atoms with E-state index in [1.807, 2.05) is 24.0 Å². The summed E-state index contributed by atoms with van der Waals surface area (Å²) < 4.78 is 5.41. The fraction of sp³-hybridized carbons (Fsp3) is 0.542. The average Bonchev–Trinajstić information content (AvgIpc) is 3.22. The molecule has 4 heterocycles. The standard InChI is InChI=1S/C24H30N4O3/c1-15-23(26-14-25-15)24(30)27-12-17-11-18(13-27)21(28-20(17)7-4-8-22(28)29)10-16-5-3-6-19(9-16)31-2/h3,5-6,9,14,17-18,20-21H,4,7-8,10-13H2,1-2H3,(H,25,26)/t17-,18+,20+,21+/m1/s1. The lowest BCUT2D eigenvalue weighted by atomic mass is 9.70. The van der Waals surface area contributed by atoms with E-state index in [2.05, 4.69) is 27.0 Å². The van der Waals surface area contributed by atoms with Crippen LogP contribution < -0.4 is 4.74 Å². The molecule has 0 saturated carbocycles. The maximum absolute atomic E-state index is 13.2. The zero-order valence-electron chi connectivity index (χ0n) is 18.2.